The number of benzene rings is 2. The Morgan fingerprint density at radius 3 is 2.35 bits per heavy atom. The van der Waals surface area contributed by atoms with Crippen LogP contribution in [0.1, 0.15) is 35.8 Å². The maximum Gasteiger partial charge on any atom is 0.270 e. The van der Waals surface area contributed by atoms with Crippen LogP contribution in [0.3, 0.4) is 0 Å². The number of nitrogens with one attached hydrogen (secondary N) is 1. The molecule has 0 heterocycles. The van der Waals surface area contributed by atoms with Crippen molar-refractivity contribution in [1.82, 2.24) is 10.2 Å². The zero-order valence-corrected chi connectivity index (χ0v) is 14.9. The Morgan fingerprint density at radius 2 is 1.73 bits per heavy atom. The lowest BCUT2D eigenvalue weighted by Gasteiger charge is -2.28. The summed E-state index contributed by atoms with van der Waals surface area (Å²) < 4.78 is 0. The molecule has 7 nitrogen and oxygen atoms in total. The van der Waals surface area contributed by atoms with E-state index in [2.05, 4.69) is 5.32 Å². The molecule has 0 radical (unpaired) electrons. The first-order valence-corrected chi connectivity index (χ1v) is 8.18. The van der Waals surface area contributed by atoms with Gasteiger partial charge in [-0.25, -0.2) is 0 Å². The second-order valence-electron chi connectivity index (χ2n) is 6.04. The molecule has 2 aromatic carbocycles. The minimum absolute atomic E-state index is 0.137. The maximum absolute atomic E-state index is 12.6. The first-order chi connectivity index (χ1) is 12.3. The van der Waals surface area contributed by atoms with Crippen LogP contribution >= 0.6 is 0 Å². The van der Waals surface area contributed by atoms with Crippen LogP contribution in [0.4, 0.5) is 5.69 Å². The molecule has 136 valence electrons. The highest BCUT2D eigenvalue weighted by molar-refractivity contribution is 5.97. The monoisotopic (exact) mass is 355 g/mol. The van der Waals surface area contributed by atoms with Crippen molar-refractivity contribution >= 4 is 17.5 Å². The molecule has 0 saturated carbocycles. The van der Waals surface area contributed by atoms with Gasteiger partial charge in [0.05, 0.1) is 11.0 Å². The highest BCUT2D eigenvalue weighted by atomic mass is 16.6. The van der Waals surface area contributed by atoms with Crippen LogP contribution in [-0.2, 0) is 4.79 Å². The summed E-state index contributed by atoms with van der Waals surface area (Å²) in [5.41, 5.74) is 0.949. The van der Waals surface area contributed by atoms with Gasteiger partial charge in [-0.15, -0.1) is 0 Å². The lowest BCUT2D eigenvalue weighted by molar-refractivity contribution is -0.384. The van der Waals surface area contributed by atoms with Gasteiger partial charge in [0.15, 0.2) is 0 Å². The van der Waals surface area contributed by atoms with Crippen LogP contribution in [0.5, 0.6) is 0 Å². The average Bonchev–Trinajstić information content (AvgIpc) is 2.66. The molecule has 1 N–H and O–H groups in total. The molecule has 7 heteroatoms. The summed E-state index contributed by atoms with van der Waals surface area (Å²) in [5, 5.41) is 13.4. The summed E-state index contributed by atoms with van der Waals surface area (Å²) in [7, 11) is 1.68. The quantitative estimate of drug-likeness (QED) is 0.637. The Kier molecular flexibility index (Phi) is 6.06. The number of carbonyl (C=O) groups excluding carboxylic acids is 2. The number of likely N-dealkylation sites (N-methyl/N-ethyl adjacent to an activating group) is 1. The van der Waals surface area contributed by atoms with E-state index in [-0.39, 0.29) is 23.2 Å². The van der Waals surface area contributed by atoms with Crippen LogP contribution in [0.2, 0.25) is 0 Å². The van der Waals surface area contributed by atoms with Crippen molar-refractivity contribution in [3.05, 3.63) is 75.8 Å². The number of hydrogen-bond acceptors (Lipinski definition) is 4. The number of nitro benzene ring substituents is 1. The molecule has 0 aliphatic rings. The highest BCUT2D eigenvalue weighted by Gasteiger charge is 2.24. The van der Waals surface area contributed by atoms with Gasteiger partial charge in [-0.2, -0.15) is 0 Å². The van der Waals surface area contributed by atoms with Crippen molar-refractivity contribution in [2.24, 2.45) is 0 Å². The molecule has 2 atom stereocenters. The second-order valence-corrected chi connectivity index (χ2v) is 6.04. The van der Waals surface area contributed by atoms with Crippen molar-refractivity contribution in [2.45, 2.75) is 25.9 Å². The van der Waals surface area contributed by atoms with Gasteiger partial charge in [-0.1, -0.05) is 36.4 Å². The molecule has 0 aliphatic heterocycles. The summed E-state index contributed by atoms with van der Waals surface area (Å²) in [6.07, 6.45) is 0. The van der Waals surface area contributed by atoms with Crippen LogP contribution < -0.4 is 5.32 Å². The fraction of sp³-hybridized carbons (Fsp3) is 0.263. The number of hydrogen-bond donors (Lipinski definition) is 1. The minimum atomic E-state index is -0.766. The Morgan fingerprint density at radius 1 is 1.08 bits per heavy atom. The van der Waals surface area contributed by atoms with E-state index >= 15 is 0 Å². The third kappa shape index (κ3) is 4.44. The van der Waals surface area contributed by atoms with Gasteiger partial charge in [0, 0.05) is 24.7 Å². The first-order valence-electron chi connectivity index (χ1n) is 8.18. The maximum atomic E-state index is 12.6. The van der Waals surface area contributed by atoms with Gasteiger partial charge in [-0.3, -0.25) is 19.7 Å². The number of rotatable bonds is 6. The number of amides is 2. The highest BCUT2D eigenvalue weighted by Crippen LogP contribution is 2.19. The Labute approximate surface area is 151 Å². The van der Waals surface area contributed by atoms with Gasteiger partial charge in [0.25, 0.3) is 11.6 Å². The van der Waals surface area contributed by atoms with Gasteiger partial charge < -0.3 is 10.2 Å². The van der Waals surface area contributed by atoms with E-state index in [0.29, 0.717) is 0 Å². The largest absolute Gasteiger partial charge is 0.341 e. The van der Waals surface area contributed by atoms with E-state index in [0.717, 1.165) is 5.56 Å². The summed E-state index contributed by atoms with van der Waals surface area (Å²) in [4.78, 5) is 36.7. The normalized spacial score (nSPS) is 12.7. The van der Waals surface area contributed by atoms with E-state index in [9.17, 15) is 19.7 Å². The van der Waals surface area contributed by atoms with Crippen LogP contribution in [0.15, 0.2) is 54.6 Å². The average molecular weight is 355 g/mol. The number of carbonyl (C=O) groups is 2. The van der Waals surface area contributed by atoms with Crippen LogP contribution in [0.25, 0.3) is 0 Å². The number of non-ortho nitro benzene ring substituents is 1. The molecule has 0 spiro atoms. The zero-order valence-electron chi connectivity index (χ0n) is 14.9. The topological polar surface area (TPSA) is 92.5 Å². The lowest BCUT2D eigenvalue weighted by Crippen LogP contribution is -2.46. The van der Waals surface area contributed by atoms with Crippen molar-refractivity contribution in [3.63, 3.8) is 0 Å². The molecule has 26 heavy (non-hydrogen) atoms. The molecule has 0 fully saturated rings. The standard InChI is InChI=1S/C19H21N3O4/c1-13(19(24)21(3)14(2)15-8-5-4-6-9-15)20-18(23)16-10-7-11-17(12-16)22(25)26/h4-14H,1-3H3,(H,20,23). The molecular weight excluding hydrogens is 334 g/mol. The van der Waals surface area contributed by atoms with E-state index < -0.39 is 16.9 Å². The molecule has 2 aromatic rings. The van der Waals surface area contributed by atoms with Crippen LogP contribution in [0, 0.1) is 10.1 Å². The third-order valence-corrected chi connectivity index (χ3v) is 4.25. The van der Waals surface area contributed by atoms with Crippen molar-refractivity contribution in [3.8, 4) is 0 Å². The number of nitro groups is 1. The van der Waals surface area contributed by atoms with Crippen LogP contribution in [-0.4, -0.2) is 34.7 Å². The molecule has 0 saturated heterocycles. The molecule has 0 aliphatic carbocycles. The van der Waals surface area contributed by atoms with E-state index in [1.54, 1.807) is 18.9 Å². The van der Waals surface area contributed by atoms with Gasteiger partial charge in [-0.05, 0) is 25.5 Å². The summed E-state index contributed by atoms with van der Waals surface area (Å²) in [6.45, 7) is 3.49. The number of nitrogens with zero attached hydrogens (tertiary/aromatic N) is 2. The zero-order chi connectivity index (χ0) is 19.3. The Hall–Kier alpha value is -3.22. The molecule has 2 unspecified atom stereocenters. The Balaban J connectivity index is 2.05. The first kappa shape index (κ1) is 19.1. The smallest absolute Gasteiger partial charge is 0.270 e. The molecular formula is C19H21N3O4. The SMILES string of the molecule is CC(NC(=O)c1cccc([N+](=O)[O-])c1)C(=O)N(C)C(C)c1ccccc1. The predicted molar refractivity (Wildman–Crippen MR) is 97.7 cm³/mol. The van der Waals surface area contributed by atoms with E-state index in [4.69, 9.17) is 0 Å². The van der Waals surface area contributed by atoms with Crippen molar-refractivity contribution < 1.29 is 14.5 Å². The minimum Gasteiger partial charge on any atom is -0.341 e. The molecule has 2 rings (SSSR count). The summed E-state index contributed by atoms with van der Waals surface area (Å²) >= 11 is 0. The van der Waals surface area contributed by atoms with Crippen molar-refractivity contribution in [2.75, 3.05) is 7.05 Å². The second kappa shape index (κ2) is 8.24. The fourth-order valence-corrected chi connectivity index (χ4v) is 2.55. The van der Waals surface area contributed by atoms with E-state index in [1.807, 2.05) is 37.3 Å². The van der Waals surface area contributed by atoms with Gasteiger partial charge in [0.2, 0.25) is 5.91 Å². The lowest BCUT2D eigenvalue weighted by atomic mass is 10.1. The van der Waals surface area contributed by atoms with Crippen molar-refractivity contribution in [1.29, 1.82) is 0 Å². The molecule has 2 amide bonds. The fourth-order valence-electron chi connectivity index (χ4n) is 2.55. The third-order valence-electron chi connectivity index (χ3n) is 4.25. The predicted octanol–water partition coefficient (Wildman–Crippen LogP) is 2.93. The molecule has 0 bridgehead atoms. The van der Waals surface area contributed by atoms with E-state index in [1.165, 1.54) is 24.3 Å². The molecule has 0 aromatic heterocycles. The summed E-state index contributed by atoms with van der Waals surface area (Å²) in [6, 6.07) is 14.0. The van der Waals surface area contributed by atoms with Gasteiger partial charge in [0.1, 0.15) is 6.04 Å². The summed E-state index contributed by atoms with van der Waals surface area (Å²) in [5.74, 6) is -0.782. The van der Waals surface area contributed by atoms with Gasteiger partial charge >= 0.3 is 0 Å². The Bertz CT molecular complexity index is 807.